The molecule has 0 saturated heterocycles. The molecule has 0 aliphatic heterocycles. The van der Waals surface area contributed by atoms with Gasteiger partial charge in [0.15, 0.2) is 0 Å². The molecule has 0 aliphatic carbocycles. The van der Waals surface area contributed by atoms with Crippen molar-refractivity contribution in [2.24, 2.45) is 5.10 Å². The van der Waals surface area contributed by atoms with E-state index in [9.17, 15) is 4.79 Å². The van der Waals surface area contributed by atoms with Crippen molar-refractivity contribution in [3.63, 3.8) is 0 Å². The van der Waals surface area contributed by atoms with Gasteiger partial charge in [0.1, 0.15) is 16.4 Å². The molecule has 0 fully saturated rings. The average Bonchev–Trinajstić information content (AvgIpc) is 3.21. The first kappa shape index (κ1) is 15.2. The molecule has 0 radical (unpaired) electrons. The summed E-state index contributed by atoms with van der Waals surface area (Å²) in [6.07, 6.45) is 1.64. The van der Waals surface area contributed by atoms with Gasteiger partial charge < -0.3 is 10.5 Å². The normalized spacial score (nSPS) is 10.8. The number of hydrazone groups is 1. The first-order valence-electron chi connectivity index (χ1n) is 6.56. The van der Waals surface area contributed by atoms with Gasteiger partial charge in [-0.3, -0.25) is 5.43 Å². The predicted octanol–water partition coefficient (Wildman–Crippen LogP) is 3.45. The van der Waals surface area contributed by atoms with Gasteiger partial charge in [0.05, 0.1) is 6.21 Å². The van der Waals surface area contributed by atoms with E-state index in [0.29, 0.717) is 21.6 Å². The molecule has 3 N–H and O–H groups in total. The number of benzene rings is 1. The van der Waals surface area contributed by atoms with E-state index < -0.39 is 0 Å². The Morgan fingerprint density at radius 1 is 1.26 bits per heavy atom. The third kappa shape index (κ3) is 4.15. The lowest BCUT2D eigenvalue weighted by Crippen LogP contribution is -2.06. The second-order valence-corrected chi connectivity index (χ2v) is 6.19. The number of nitrogens with one attached hydrogen (secondary N) is 1. The van der Waals surface area contributed by atoms with Crippen LogP contribution in [0.1, 0.15) is 15.2 Å². The lowest BCUT2D eigenvalue weighted by atomic mass is 10.2. The Hall–Kier alpha value is -2.71. The fourth-order valence-electron chi connectivity index (χ4n) is 1.67. The van der Waals surface area contributed by atoms with Crippen molar-refractivity contribution in [2.45, 2.75) is 0 Å². The molecule has 0 amide bonds. The number of nitrogens with two attached hydrogens (primary N) is 1. The summed E-state index contributed by atoms with van der Waals surface area (Å²) in [7, 11) is 0. The molecule has 0 bridgehead atoms. The Morgan fingerprint density at radius 3 is 2.74 bits per heavy atom. The molecule has 8 heteroatoms. The van der Waals surface area contributed by atoms with Gasteiger partial charge in [-0.15, -0.1) is 22.7 Å². The Bertz CT molecular complexity index is 810. The van der Waals surface area contributed by atoms with E-state index >= 15 is 0 Å². The Morgan fingerprint density at radius 2 is 2.09 bits per heavy atom. The summed E-state index contributed by atoms with van der Waals surface area (Å²) in [4.78, 5) is 16.4. The van der Waals surface area contributed by atoms with Crippen LogP contribution in [0.15, 0.2) is 52.3 Å². The van der Waals surface area contributed by atoms with Gasteiger partial charge in [0, 0.05) is 5.38 Å². The first-order valence-corrected chi connectivity index (χ1v) is 8.32. The molecule has 2 aromatic heterocycles. The zero-order valence-corrected chi connectivity index (χ0v) is 13.4. The zero-order valence-electron chi connectivity index (χ0n) is 11.8. The van der Waals surface area contributed by atoms with Crippen LogP contribution in [-0.2, 0) is 0 Å². The second kappa shape index (κ2) is 7.03. The molecule has 0 atom stereocenters. The summed E-state index contributed by atoms with van der Waals surface area (Å²) in [6.45, 7) is 0. The van der Waals surface area contributed by atoms with Crippen LogP contribution in [0.3, 0.4) is 0 Å². The Balaban J connectivity index is 1.57. The van der Waals surface area contributed by atoms with E-state index in [1.807, 2.05) is 11.4 Å². The third-order valence-corrected chi connectivity index (χ3v) is 4.32. The van der Waals surface area contributed by atoms with Gasteiger partial charge in [0.2, 0.25) is 5.13 Å². The monoisotopic (exact) mass is 344 g/mol. The van der Waals surface area contributed by atoms with E-state index in [2.05, 4.69) is 15.5 Å². The minimum absolute atomic E-state index is 0.357. The number of nitrogens with zero attached hydrogens (tertiary/aromatic N) is 2. The summed E-state index contributed by atoms with van der Waals surface area (Å²) >= 11 is 2.72. The number of rotatable bonds is 5. The number of esters is 1. The van der Waals surface area contributed by atoms with Crippen molar-refractivity contribution in [1.82, 2.24) is 4.98 Å². The summed E-state index contributed by atoms with van der Waals surface area (Å²) in [5.74, 6) is 0.593. The van der Waals surface area contributed by atoms with E-state index in [0.717, 1.165) is 5.56 Å². The van der Waals surface area contributed by atoms with Crippen LogP contribution in [0, 0.1) is 0 Å². The molecule has 23 heavy (non-hydrogen) atoms. The summed E-state index contributed by atoms with van der Waals surface area (Å²) in [5.41, 5.74) is 9.17. The minimum Gasteiger partial charge on any atom is -0.422 e. The fraction of sp³-hybridized carbons (Fsp3) is 0. The molecule has 116 valence electrons. The van der Waals surface area contributed by atoms with Crippen LogP contribution in [-0.4, -0.2) is 17.2 Å². The summed E-state index contributed by atoms with van der Waals surface area (Å²) in [5, 5.41) is 8.26. The van der Waals surface area contributed by atoms with Gasteiger partial charge >= 0.3 is 5.97 Å². The second-order valence-electron chi connectivity index (χ2n) is 4.38. The summed E-state index contributed by atoms with van der Waals surface area (Å²) in [6, 6.07) is 10.6. The largest absolute Gasteiger partial charge is 0.422 e. The van der Waals surface area contributed by atoms with Crippen molar-refractivity contribution in [3.8, 4) is 5.75 Å². The molecule has 1 aromatic carbocycles. The highest BCUT2D eigenvalue weighted by atomic mass is 32.1. The molecule has 6 nitrogen and oxygen atoms in total. The van der Waals surface area contributed by atoms with Crippen molar-refractivity contribution in [2.75, 3.05) is 11.2 Å². The molecule has 0 saturated carbocycles. The van der Waals surface area contributed by atoms with Crippen LogP contribution in [0.5, 0.6) is 5.75 Å². The zero-order chi connectivity index (χ0) is 16.1. The molecule has 0 spiro atoms. The van der Waals surface area contributed by atoms with Crippen molar-refractivity contribution in [1.29, 1.82) is 0 Å². The highest BCUT2D eigenvalue weighted by molar-refractivity contribution is 7.14. The van der Waals surface area contributed by atoms with E-state index in [-0.39, 0.29) is 5.97 Å². The number of aromatic nitrogens is 1. The van der Waals surface area contributed by atoms with E-state index in [4.69, 9.17) is 10.5 Å². The maximum absolute atomic E-state index is 11.8. The maximum atomic E-state index is 11.8. The fourth-order valence-corrected chi connectivity index (χ4v) is 2.82. The van der Waals surface area contributed by atoms with Gasteiger partial charge in [-0.25, -0.2) is 9.78 Å². The van der Waals surface area contributed by atoms with Gasteiger partial charge in [0.25, 0.3) is 0 Å². The quantitative estimate of drug-likeness (QED) is 0.320. The van der Waals surface area contributed by atoms with Crippen LogP contribution >= 0.6 is 22.7 Å². The number of hydrogen-bond donors (Lipinski definition) is 2. The van der Waals surface area contributed by atoms with E-state index in [1.54, 1.807) is 41.9 Å². The van der Waals surface area contributed by atoms with Gasteiger partial charge in [-0.1, -0.05) is 6.07 Å². The molecular formula is C15H12N4O2S2. The number of anilines is 2. The highest BCUT2D eigenvalue weighted by Crippen LogP contribution is 2.17. The first-order chi connectivity index (χ1) is 11.2. The smallest absolute Gasteiger partial charge is 0.353 e. The van der Waals surface area contributed by atoms with Crippen molar-refractivity contribution in [3.05, 3.63) is 57.6 Å². The average molecular weight is 344 g/mol. The minimum atomic E-state index is -0.357. The third-order valence-electron chi connectivity index (χ3n) is 2.71. The lowest BCUT2D eigenvalue weighted by molar-refractivity contribution is 0.0740. The standard InChI is InChI=1S/C15H12N4O2S2/c16-13-9-23-15(18-13)19-17-8-10-3-5-11(6-4-10)21-14(20)12-2-1-7-22-12/h1-9H,16H2,(H,18,19). The lowest BCUT2D eigenvalue weighted by Gasteiger charge is -2.02. The van der Waals surface area contributed by atoms with Crippen LogP contribution in [0.4, 0.5) is 10.9 Å². The number of ether oxygens (including phenoxy) is 1. The number of carbonyl (C=O) groups excluding carboxylic acids is 1. The van der Waals surface area contributed by atoms with Crippen LogP contribution in [0.2, 0.25) is 0 Å². The molecule has 0 aliphatic rings. The van der Waals surface area contributed by atoms with E-state index in [1.165, 1.54) is 22.7 Å². The number of carbonyl (C=O) groups is 1. The van der Waals surface area contributed by atoms with Crippen LogP contribution in [0.25, 0.3) is 0 Å². The number of thiazole rings is 1. The van der Waals surface area contributed by atoms with Crippen molar-refractivity contribution >= 4 is 45.8 Å². The SMILES string of the molecule is Nc1csc(NN=Cc2ccc(OC(=O)c3cccs3)cc2)n1. The molecule has 3 rings (SSSR count). The number of nitrogen functional groups attached to an aromatic ring is 1. The van der Waals surface area contributed by atoms with Gasteiger partial charge in [-0.05, 0) is 41.3 Å². The van der Waals surface area contributed by atoms with Crippen molar-refractivity contribution < 1.29 is 9.53 Å². The maximum Gasteiger partial charge on any atom is 0.353 e. The summed E-state index contributed by atoms with van der Waals surface area (Å²) < 4.78 is 5.28. The predicted molar refractivity (Wildman–Crippen MR) is 93.5 cm³/mol. The highest BCUT2D eigenvalue weighted by Gasteiger charge is 2.08. The topological polar surface area (TPSA) is 89.6 Å². The molecule has 3 aromatic rings. The number of thiophene rings is 1. The molecule has 0 unspecified atom stereocenters. The van der Waals surface area contributed by atoms with Crippen LogP contribution < -0.4 is 15.9 Å². The Labute approximate surface area is 140 Å². The molecular weight excluding hydrogens is 332 g/mol. The molecule has 2 heterocycles. The number of hydrogen-bond acceptors (Lipinski definition) is 8. The Kier molecular flexibility index (Phi) is 4.65. The van der Waals surface area contributed by atoms with Gasteiger partial charge in [-0.2, -0.15) is 5.10 Å².